The first-order valence-corrected chi connectivity index (χ1v) is 27.8. The number of halogens is 2. The lowest BCUT2D eigenvalue weighted by molar-refractivity contribution is 0.590. The van der Waals surface area contributed by atoms with Gasteiger partial charge in [-0.1, -0.05) is 241 Å². The Labute approximate surface area is 446 Å². The van der Waals surface area contributed by atoms with Crippen LogP contribution in [0.5, 0.6) is 0 Å². The Kier molecular flexibility index (Phi) is 11.7. The summed E-state index contributed by atoms with van der Waals surface area (Å²) in [5, 5.41) is 21.1. The number of benzene rings is 10. The van der Waals surface area contributed by atoms with Crippen LogP contribution in [0.4, 0.5) is 0 Å². The highest BCUT2D eigenvalue weighted by Gasteiger charge is 2.28. The summed E-state index contributed by atoms with van der Waals surface area (Å²) in [6.07, 6.45) is 4.78. The lowest BCUT2D eigenvalue weighted by atomic mass is 9.76. The highest BCUT2D eigenvalue weighted by Crippen LogP contribution is 2.49. The molecule has 0 amide bonds. The summed E-state index contributed by atoms with van der Waals surface area (Å²) < 4.78 is 2.32. The van der Waals surface area contributed by atoms with Crippen LogP contribution in [-0.2, 0) is 32.5 Å². The third-order valence-electron chi connectivity index (χ3n) is 15.8. The topological polar surface area (TPSA) is 0 Å². The standard InChI is InChI=1S/C70H74Br2/c1-65(2,3)41-33-51-47(59(71)35-41)27-29-49-45-25-23-43-39(21-31-55(67(7,8)9)61(43)53(45)37-57(63(49)51)69(13,14)15)19-20-40-22-32-56(68(10,11)12)62-44(40)24-26-46-50-30-28-48-52(34-42(36-60(48)72)66(4,5)6)64(50)58(38-54(46)62)70(16,17)18/h19-38H,1-18H3/b20-19+. The van der Waals surface area contributed by atoms with E-state index in [2.05, 4.69) is 278 Å². The smallest absolute Gasteiger partial charge is 0.0256 e. The normalized spacial score (nSPS) is 13.8. The van der Waals surface area contributed by atoms with Crippen LogP contribution >= 0.6 is 31.9 Å². The van der Waals surface area contributed by atoms with Crippen LogP contribution < -0.4 is 0 Å². The Morgan fingerprint density at radius 3 is 0.847 bits per heavy atom. The minimum absolute atomic E-state index is 0.0173. The number of fused-ring (bicyclic) bond motifs is 14. The molecule has 0 bridgehead atoms. The third-order valence-corrected chi connectivity index (χ3v) is 17.1. The molecule has 0 heterocycles. The number of hydrogen-bond acceptors (Lipinski definition) is 0. The first-order chi connectivity index (χ1) is 33.3. The molecule has 72 heavy (non-hydrogen) atoms. The van der Waals surface area contributed by atoms with Crippen LogP contribution in [0.15, 0.2) is 118 Å². The quantitative estimate of drug-likeness (QED) is 0.120. The van der Waals surface area contributed by atoms with Crippen molar-refractivity contribution in [1.29, 1.82) is 0 Å². The van der Waals surface area contributed by atoms with E-state index in [1.54, 1.807) is 0 Å². The molecule has 2 heteroatoms. The summed E-state index contributed by atoms with van der Waals surface area (Å²) in [5.41, 5.74) is 10.4. The molecule has 0 atom stereocenters. The van der Waals surface area contributed by atoms with Crippen molar-refractivity contribution >= 4 is 130 Å². The highest BCUT2D eigenvalue weighted by molar-refractivity contribution is 9.11. The van der Waals surface area contributed by atoms with Gasteiger partial charge >= 0.3 is 0 Å². The molecule has 0 saturated heterocycles. The van der Waals surface area contributed by atoms with Crippen molar-refractivity contribution in [2.45, 2.75) is 157 Å². The Hall–Kier alpha value is -5.02. The molecule has 0 nitrogen and oxygen atoms in total. The van der Waals surface area contributed by atoms with Gasteiger partial charge in [-0.15, -0.1) is 0 Å². The van der Waals surface area contributed by atoms with Gasteiger partial charge in [0, 0.05) is 8.95 Å². The van der Waals surface area contributed by atoms with Gasteiger partial charge in [-0.2, -0.15) is 0 Å². The van der Waals surface area contributed by atoms with E-state index in [-0.39, 0.29) is 32.5 Å². The van der Waals surface area contributed by atoms with E-state index in [4.69, 9.17) is 0 Å². The van der Waals surface area contributed by atoms with Gasteiger partial charge in [0.05, 0.1) is 0 Å². The SMILES string of the molecule is CC(C)(C)c1cc(Br)c2ccc3c4ccc5c(/C=C/c6ccc(C(C)(C)C)c7c6ccc6c7cc(C(C)(C)C)c7c8cc(C(C)(C)C)cc(Br)c8ccc67)ccc(C(C)(C)C)c5c4cc(C(C)(C)C)c3c2c1. The predicted octanol–water partition coefficient (Wildman–Crippen LogP) is 22.4. The molecule has 0 spiro atoms. The van der Waals surface area contributed by atoms with Crippen molar-refractivity contribution in [3.63, 3.8) is 0 Å². The fourth-order valence-electron chi connectivity index (χ4n) is 11.8. The Morgan fingerprint density at radius 2 is 0.528 bits per heavy atom. The van der Waals surface area contributed by atoms with Gasteiger partial charge in [0.2, 0.25) is 0 Å². The Morgan fingerprint density at radius 1 is 0.250 bits per heavy atom. The summed E-state index contributed by atoms with van der Waals surface area (Å²) in [7, 11) is 0. The molecule has 0 saturated carbocycles. The van der Waals surface area contributed by atoms with Crippen LogP contribution in [0.25, 0.3) is 98.3 Å². The van der Waals surface area contributed by atoms with E-state index in [0.717, 1.165) is 8.95 Å². The summed E-state index contributed by atoms with van der Waals surface area (Å²) in [6.45, 7) is 42.4. The maximum absolute atomic E-state index is 4.02. The van der Waals surface area contributed by atoms with Crippen LogP contribution in [0.1, 0.15) is 169 Å². The van der Waals surface area contributed by atoms with Gasteiger partial charge in [0.1, 0.15) is 0 Å². The predicted molar refractivity (Wildman–Crippen MR) is 329 cm³/mol. The average molecular weight is 1080 g/mol. The van der Waals surface area contributed by atoms with E-state index >= 15 is 0 Å². The van der Waals surface area contributed by atoms with E-state index in [1.165, 1.54) is 131 Å². The minimum atomic E-state index is -0.0996. The van der Waals surface area contributed by atoms with Crippen molar-refractivity contribution in [2.75, 3.05) is 0 Å². The van der Waals surface area contributed by atoms with E-state index in [1.807, 2.05) is 0 Å². The van der Waals surface area contributed by atoms with Crippen molar-refractivity contribution in [2.24, 2.45) is 0 Å². The second kappa shape index (κ2) is 16.7. The lowest BCUT2D eigenvalue weighted by Gasteiger charge is -2.28. The molecule has 0 N–H and O–H groups in total. The van der Waals surface area contributed by atoms with Gasteiger partial charge in [0.15, 0.2) is 0 Å². The number of hydrogen-bond donors (Lipinski definition) is 0. The second-order valence-corrected chi connectivity index (χ2v) is 29.0. The molecule has 0 aliphatic heterocycles. The second-order valence-electron chi connectivity index (χ2n) is 27.3. The molecule has 0 aliphatic carbocycles. The van der Waals surface area contributed by atoms with Gasteiger partial charge in [0.25, 0.3) is 0 Å². The molecule has 0 radical (unpaired) electrons. The number of rotatable bonds is 2. The molecule has 0 aliphatic rings. The van der Waals surface area contributed by atoms with Crippen molar-refractivity contribution in [1.82, 2.24) is 0 Å². The van der Waals surface area contributed by atoms with Crippen LogP contribution in [0, 0.1) is 0 Å². The summed E-state index contributed by atoms with van der Waals surface area (Å²) in [4.78, 5) is 0. The molecular formula is C70H74Br2. The van der Waals surface area contributed by atoms with Crippen molar-refractivity contribution in [3.05, 3.63) is 163 Å². The monoisotopic (exact) mass is 1070 g/mol. The zero-order chi connectivity index (χ0) is 52.2. The van der Waals surface area contributed by atoms with Crippen molar-refractivity contribution in [3.8, 4) is 0 Å². The fourth-order valence-corrected chi connectivity index (χ4v) is 13.0. The molecule has 0 aromatic heterocycles. The molecule has 368 valence electrons. The maximum Gasteiger partial charge on any atom is 0.0256 e. The van der Waals surface area contributed by atoms with E-state index in [0.29, 0.717) is 0 Å². The molecule has 10 aromatic rings. The van der Waals surface area contributed by atoms with Gasteiger partial charge in [-0.3, -0.25) is 0 Å². The zero-order valence-corrected chi connectivity index (χ0v) is 49.5. The third kappa shape index (κ3) is 8.40. The molecule has 0 unspecified atom stereocenters. The fraction of sp³-hybridized carbons (Fsp3) is 0.343. The van der Waals surface area contributed by atoms with Crippen molar-refractivity contribution < 1.29 is 0 Å². The molecule has 10 rings (SSSR count). The Bertz CT molecular complexity index is 3700. The van der Waals surface area contributed by atoms with Crippen LogP contribution in [0.2, 0.25) is 0 Å². The Balaban J connectivity index is 1.24. The van der Waals surface area contributed by atoms with E-state index < -0.39 is 0 Å². The summed E-state index contributed by atoms with van der Waals surface area (Å²) in [5.74, 6) is 0. The summed E-state index contributed by atoms with van der Waals surface area (Å²) >= 11 is 8.03. The molecule has 10 aromatic carbocycles. The first kappa shape index (κ1) is 50.5. The lowest BCUT2D eigenvalue weighted by Crippen LogP contribution is -2.14. The highest BCUT2D eigenvalue weighted by atomic mass is 79.9. The molecular weight excluding hydrogens is 1000 g/mol. The minimum Gasteiger partial charge on any atom is -0.0573 e. The van der Waals surface area contributed by atoms with Gasteiger partial charge in [-0.25, -0.2) is 0 Å². The van der Waals surface area contributed by atoms with Gasteiger partial charge in [-0.05, 0) is 200 Å². The van der Waals surface area contributed by atoms with Crippen LogP contribution in [-0.4, -0.2) is 0 Å². The zero-order valence-electron chi connectivity index (χ0n) is 46.3. The first-order valence-electron chi connectivity index (χ1n) is 26.2. The maximum atomic E-state index is 4.02. The van der Waals surface area contributed by atoms with Gasteiger partial charge < -0.3 is 0 Å². The molecule has 0 fully saturated rings. The summed E-state index contributed by atoms with van der Waals surface area (Å²) in [6, 6.07) is 43.3. The van der Waals surface area contributed by atoms with E-state index in [9.17, 15) is 0 Å². The average Bonchev–Trinajstić information content (AvgIpc) is 3.27. The largest absolute Gasteiger partial charge is 0.0573 e. The van der Waals surface area contributed by atoms with Crippen LogP contribution in [0.3, 0.4) is 0 Å².